The molecule has 4 aliphatic carbocycles. The van der Waals surface area contributed by atoms with Crippen LogP contribution in [0.4, 0.5) is 0 Å². The summed E-state index contributed by atoms with van der Waals surface area (Å²) in [5.74, 6) is 5.57. The zero-order valence-corrected chi connectivity index (χ0v) is 8.19. The van der Waals surface area contributed by atoms with Crippen LogP contribution in [0.3, 0.4) is 0 Å². The summed E-state index contributed by atoms with van der Waals surface area (Å²) in [7, 11) is 0. The Labute approximate surface area is 78.6 Å². The number of esters is 1. The van der Waals surface area contributed by atoms with Crippen LogP contribution in [0.15, 0.2) is 0 Å². The first-order valence-electron chi connectivity index (χ1n) is 5.33. The molecule has 4 atom stereocenters. The Morgan fingerprint density at radius 3 is 2.54 bits per heavy atom. The SMILES string of the molecule is CC(=O)OCC1C[C@@H](C)C2C3C1C32. The van der Waals surface area contributed by atoms with Crippen molar-refractivity contribution in [3.8, 4) is 0 Å². The van der Waals surface area contributed by atoms with Crippen LogP contribution >= 0.6 is 0 Å². The summed E-state index contributed by atoms with van der Waals surface area (Å²) in [6, 6.07) is 0. The second kappa shape index (κ2) is 2.28. The predicted octanol–water partition coefficient (Wildman–Crippen LogP) is 1.70. The lowest BCUT2D eigenvalue weighted by Gasteiger charge is -2.33. The highest BCUT2D eigenvalue weighted by atomic mass is 16.5. The monoisotopic (exact) mass is 180 g/mol. The summed E-state index contributed by atoms with van der Waals surface area (Å²) in [4.78, 5) is 10.7. The maximum absolute atomic E-state index is 10.7. The molecule has 2 bridgehead atoms. The van der Waals surface area contributed by atoms with E-state index < -0.39 is 0 Å². The molecule has 0 aliphatic heterocycles. The minimum Gasteiger partial charge on any atom is -0.466 e. The second-order valence-electron chi connectivity index (χ2n) is 5.09. The summed E-state index contributed by atoms with van der Waals surface area (Å²) in [6.45, 7) is 4.54. The third-order valence-corrected chi connectivity index (χ3v) is 4.32. The molecule has 0 radical (unpaired) electrons. The molecule has 0 saturated heterocycles. The first-order valence-corrected chi connectivity index (χ1v) is 5.33. The first-order chi connectivity index (χ1) is 6.20. The van der Waals surface area contributed by atoms with Crippen LogP contribution in [0.5, 0.6) is 0 Å². The molecule has 4 rings (SSSR count). The third-order valence-electron chi connectivity index (χ3n) is 4.32. The molecule has 4 saturated carbocycles. The maximum Gasteiger partial charge on any atom is 0.302 e. The van der Waals surface area contributed by atoms with E-state index in [9.17, 15) is 4.79 Å². The summed E-state index contributed by atoms with van der Waals surface area (Å²) in [6.07, 6.45) is 1.29. The predicted molar refractivity (Wildman–Crippen MR) is 47.9 cm³/mol. The van der Waals surface area contributed by atoms with Crippen LogP contribution in [0, 0.1) is 35.5 Å². The normalized spacial score (nSPS) is 55.2. The Balaban J connectivity index is 1.57. The fourth-order valence-electron chi connectivity index (χ4n) is 3.72. The lowest BCUT2D eigenvalue weighted by atomic mass is 9.73. The minimum atomic E-state index is -0.121. The average Bonchev–Trinajstić information content (AvgIpc) is 2.87. The van der Waals surface area contributed by atoms with E-state index in [2.05, 4.69) is 6.92 Å². The summed E-state index contributed by atoms with van der Waals surface area (Å²) < 4.78 is 5.10. The molecule has 4 aliphatic rings. The van der Waals surface area contributed by atoms with Crippen molar-refractivity contribution in [2.24, 2.45) is 35.5 Å². The van der Waals surface area contributed by atoms with Crippen LogP contribution in [-0.4, -0.2) is 12.6 Å². The molecule has 72 valence electrons. The van der Waals surface area contributed by atoms with Gasteiger partial charge < -0.3 is 4.74 Å². The highest BCUT2D eigenvalue weighted by molar-refractivity contribution is 5.65. The molecular weight excluding hydrogens is 164 g/mol. The Bertz CT molecular complexity index is 251. The first kappa shape index (κ1) is 7.84. The quantitative estimate of drug-likeness (QED) is 0.604. The number of hydrogen-bond donors (Lipinski definition) is 0. The number of fused-ring (bicyclic) bond motifs is 2. The van der Waals surface area contributed by atoms with Gasteiger partial charge in [0, 0.05) is 6.92 Å². The zero-order valence-electron chi connectivity index (χ0n) is 8.19. The molecular formula is C11H16O2. The number of carbonyl (C=O) groups excluding carboxylic acids is 1. The van der Waals surface area contributed by atoms with Gasteiger partial charge in [-0.3, -0.25) is 4.79 Å². The molecule has 0 spiro atoms. The molecule has 0 N–H and O–H groups in total. The minimum absolute atomic E-state index is 0.121. The zero-order chi connectivity index (χ0) is 9.16. The van der Waals surface area contributed by atoms with E-state index in [0.29, 0.717) is 12.5 Å². The van der Waals surface area contributed by atoms with Gasteiger partial charge in [0.05, 0.1) is 6.61 Å². The van der Waals surface area contributed by atoms with Gasteiger partial charge in [0.2, 0.25) is 0 Å². The van der Waals surface area contributed by atoms with Gasteiger partial charge in [-0.05, 0) is 41.9 Å². The fraction of sp³-hybridized carbons (Fsp3) is 0.909. The fourth-order valence-corrected chi connectivity index (χ4v) is 3.72. The summed E-state index contributed by atoms with van der Waals surface area (Å²) in [5.41, 5.74) is 0. The van der Waals surface area contributed by atoms with Crippen molar-refractivity contribution in [1.29, 1.82) is 0 Å². The van der Waals surface area contributed by atoms with E-state index in [0.717, 1.165) is 29.6 Å². The van der Waals surface area contributed by atoms with Crippen LogP contribution in [0.25, 0.3) is 0 Å². The van der Waals surface area contributed by atoms with E-state index in [1.54, 1.807) is 0 Å². The van der Waals surface area contributed by atoms with Crippen molar-refractivity contribution >= 4 is 5.97 Å². The van der Waals surface area contributed by atoms with Crippen LogP contribution in [0.1, 0.15) is 20.3 Å². The van der Waals surface area contributed by atoms with Crippen LogP contribution in [0.2, 0.25) is 0 Å². The van der Waals surface area contributed by atoms with E-state index in [-0.39, 0.29) is 5.97 Å². The van der Waals surface area contributed by atoms with Crippen LogP contribution in [-0.2, 0) is 9.53 Å². The molecule has 0 aromatic rings. The van der Waals surface area contributed by atoms with E-state index >= 15 is 0 Å². The number of ether oxygens (including phenoxy) is 1. The number of rotatable bonds is 2. The van der Waals surface area contributed by atoms with Crippen molar-refractivity contribution in [3.05, 3.63) is 0 Å². The maximum atomic E-state index is 10.7. The largest absolute Gasteiger partial charge is 0.466 e. The Morgan fingerprint density at radius 1 is 1.31 bits per heavy atom. The van der Waals surface area contributed by atoms with Crippen molar-refractivity contribution in [2.75, 3.05) is 6.61 Å². The molecule has 2 nitrogen and oxygen atoms in total. The molecule has 0 aromatic carbocycles. The van der Waals surface area contributed by atoms with E-state index in [1.165, 1.54) is 13.3 Å². The Kier molecular flexibility index (Phi) is 1.38. The molecule has 2 heteroatoms. The lowest BCUT2D eigenvalue weighted by molar-refractivity contribution is -0.143. The van der Waals surface area contributed by atoms with E-state index in [4.69, 9.17) is 4.74 Å². The highest BCUT2D eigenvalue weighted by Crippen LogP contribution is 2.81. The smallest absolute Gasteiger partial charge is 0.302 e. The van der Waals surface area contributed by atoms with Gasteiger partial charge in [0.1, 0.15) is 0 Å². The number of hydrogen-bond acceptors (Lipinski definition) is 2. The van der Waals surface area contributed by atoms with Gasteiger partial charge >= 0.3 is 5.97 Å². The molecule has 13 heavy (non-hydrogen) atoms. The Hall–Kier alpha value is -0.530. The van der Waals surface area contributed by atoms with Gasteiger partial charge in [-0.15, -0.1) is 0 Å². The Morgan fingerprint density at radius 2 is 2.00 bits per heavy atom. The van der Waals surface area contributed by atoms with Crippen molar-refractivity contribution in [1.82, 2.24) is 0 Å². The van der Waals surface area contributed by atoms with Crippen molar-refractivity contribution in [3.63, 3.8) is 0 Å². The standard InChI is InChI=1S/C11H16O2/c1-5-3-7(4-13-6(2)12)9-10-8(5)11(9)10/h5,7-11H,3-4H2,1-2H3/t5-,7?,8?,9?,10?,11?/m1/s1. The average molecular weight is 180 g/mol. The lowest BCUT2D eigenvalue weighted by Crippen LogP contribution is -2.30. The van der Waals surface area contributed by atoms with Crippen molar-refractivity contribution in [2.45, 2.75) is 20.3 Å². The molecule has 0 heterocycles. The summed E-state index contributed by atoms with van der Waals surface area (Å²) >= 11 is 0. The molecule has 4 fully saturated rings. The number of carbonyl (C=O) groups is 1. The second-order valence-corrected chi connectivity index (χ2v) is 5.09. The molecule has 0 amide bonds. The van der Waals surface area contributed by atoms with Crippen LogP contribution < -0.4 is 0 Å². The molecule has 0 aromatic heterocycles. The molecule has 3 unspecified atom stereocenters. The van der Waals surface area contributed by atoms with Gasteiger partial charge in [0.25, 0.3) is 0 Å². The topological polar surface area (TPSA) is 26.3 Å². The van der Waals surface area contributed by atoms with Gasteiger partial charge in [-0.25, -0.2) is 0 Å². The summed E-state index contributed by atoms with van der Waals surface area (Å²) in [5, 5.41) is 0. The van der Waals surface area contributed by atoms with E-state index in [1.807, 2.05) is 0 Å². The third kappa shape index (κ3) is 0.976. The van der Waals surface area contributed by atoms with Crippen molar-refractivity contribution < 1.29 is 9.53 Å². The van der Waals surface area contributed by atoms with Gasteiger partial charge in [-0.1, -0.05) is 6.92 Å². The highest BCUT2D eigenvalue weighted by Gasteiger charge is 2.78. The van der Waals surface area contributed by atoms with Gasteiger partial charge in [-0.2, -0.15) is 0 Å². The van der Waals surface area contributed by atoms with Gasteiger partial charge in [0.15, 0.2) is 0 Å².